The lowest BCUT2D eigenvalue weighted by Gasteiger charge is -2.34. The molecule has 4 rings (SSSR count). The van der Waals surface area contributed by atoms with Crippen LogP contribution in [-0.4, -0.2) is 59.9 Å². The number of nitrogens with zero attached hydrogens (tertiary/aromatic N) is 3. The molecule has 0 atom stereocenters. The van der Waals surface area contributed by atoms with Crippen molar-refractivity contribution in [3.05, 3.63) is 65.9 Å². The fourth-order valence-electron chi connectivity index (χ4n) is 3.87. The van der Waals surface area contributed by atoms with Crippen molar-refractivity contribution in [2.24, 2.45) is 0 Å². The van der Waals surface area contributed by atoms with E-state index in [1.807, 2.05) is 59.5 Å². The van der Waals surface area contributed by atoms with Crippen molar-refractivity contribution in [1.82, 2.24) is 14.8 Å². The Bertz CT molecular complexity index is 1110. The van der Waals surface area contributed by atoms with E-state index in [-0.39, 0.29) is 11.8 Å². The summed E-state index contributed by atoms with van der Waals surface area (Å²) in [6.07, 6.45) is 0. The Balaban J connectivity index is 1.37. The molecule has 2 aromatic carbocycles. The number of benzene rings is 2. The summed E-state index contributed by atoms with van der Waals surface area (Å²) < 4.78 is 5.33. The maximum Gasteiger partial charge on any atom is 0.257 e. The number of aromatic nitrogens is 1. The number of hydrogen-bond acceptors (Lipinski definition) is 5. The van der Waals surface area contributed by atoms with E-state index in [0.29, 0.717) is 24.4 Å². The minimum atomic E-state index is -0.0905. The number of anilines is 1. The fraction of sp³-hybridized carbons (Fsp3) is 0.292. The average molecular weight is 418 g/mol. The fourth-order valence-corrected chi connectivity index (χ4v) is 3.87. The van der Waals surface area contributed by atoms with Crippen LogP contribution in [0.5, 0.6) is 5.75 Å². The molecule has 0 spiro atoms. The zero-order chi connectivity index (χ0) is 21.8. The zero-order valence-corrected chi connectivity index (χ0v) is 17.8. The van der Waals surface area contributed by atoms with Gasteiger partial charge < -0.3 is 15.0 Å². The number of methoxy groups -OCH3 is 1. The second-order valence-corrected chi connectivity index (χ2v) is 7.66. The van der Waals surface area contributed by atoms with Gasteiger partial charge in [-0.05, 0) is 36.4 Å². The number of hydrogen-bond donors (Lipinski definition) is 1. The predicted molar refractivity (Wildman–Crippen MR) is 120 cm³/mol. The molecule has 1 aliphatic rings. The Morgan fingerprint density at radius 2 is 1.81 bits per heavy atom. The number of amides is 2. The van der Waals surface area contributed by atoms with Crippen LogP contribution in [-0.2, 0) is 11.3 Å². The summed E-state index contributed by atoms with van der Waals surface area (Å²) >= 11 is 0. The molecule has 2 amide bonds. The molecule has 7 nitrogen and oxygen atoms in total. The lowest BCUT2D eigenvalue weighted by atomic mass is 10.1. The molecule has 7 heteroatoms. The van der Waals surface area contributed by atoms with E-state index >= 15 is 0 Å². The van der Waals surface area contributed by atoms with Gasteiger partial charge in [-0.1, -0.05) is 18.2 Å². The predicted octanol–water partition coefficient (Wildman–Crippen LogP) is 3.16. The van der Waals surface area contributed by atoms with Gasteiger partial charge in [-0.3, -0.25) is 19.5 Å². The van der Waals surface area contributed by atoms with Crippen LogP contribution < -0.4 is 10.1 Å². The summed E-state index contributed by atoms with van der Waals surface area (Å²) in [4.78, 5) is 33.1. The Kier molecular flexibility index (Phi) is 6.13. The third kappa shape index (κ3) is 4.83. The van der Waals surface area contributed by atoms with Crippen molar-refractivity contribution in [1.29, 1.82) is 0 Å². The molecule has 160 valence electrons. The first-order chi connectivity index (χ1) is 15.0. The molecule has 31 heavy (non-hydrogen) atoms. The number of rotatable bonds is 5. The van der Waals surface area contributed by atoms with Crippen LogP contribution in [0.25, 0.3) is 10.9 Å². The Hall–Kier alpha value is -3.45. The topological polar surface area (TPSA) is 74.8 Å². The highest BCUT2D eigenvalue weighted by Crippen LogP contribution is 2.21. The maximum absolute atomic E-state index is 12.9. The number of fused-ring (bicyclic) bond motifs is 1. The van der Waals surface area contributed by atoms with Crippen LogP contribution in [0.4, 0.5) is 5.69 Å². The highest BCUT2D eigenvalue weighted by atomic mass is 16.5. The Morgan fingerprint density at radius 1 is 1.03 bits per heavy atom. The zero-order valence-electron chi connectivity index (χ0n) is 17.8. The van der Waals surface area contributed by atoms with Gasteiger partial charge in [0.2, 0.25) is 5.91 Å². The number of nitrogens with one attached hydrogen (secondary N) is 1. The second-order valence-electron chi connectivity index (χ2n) is 7.66. The van der Waals surface area contributed by atoms with Crippen LogP contribution in [0.15, 0.2) is 54.6 Å². The quantitative estimate of drug-likeness (QED) is 0.689. The van der Waals surface area contributed by atoms with E-state index in [2.05, 4.69) is 10.2 Å². The van der Waals surface area contributed by atoms with Gasteiger partial charge >= 0.3 is 0 Å². The lowest BCUT2D eigenvalue weighted by molar-refractivity contribution is -0.114. The second kappa shape index (κ2) is 9.14. The van der Waals surface area contributed by atoms with Crippen LogP contribution in [0.2, 0.25) is 0 Å². The molecular weight excluding hydrogens is 392 g/mol. The minimum absolute atomic E-state index is 0.0101. The SMILES string of the molecule is COc1ccccc1C(=O)N1CCN(Cc2ccc3cc(NC(C)=O)ccc3n2)CC1. The lowest BCUT2D eigenvalue weighted by Crippen LogP contribution is -2.48. The molecular formula is C24H26N4O3. The summed E-state index contributed by atoms with van der Waals surface area (Å²) in [5.41, 5.74) is 3.26. The van der Waals surface area contributed by atoms with Crippen LogP contribution >= 0.6 is 0 Å². The Labute approximate surface area is 181 Å². The van der Waals surface area contributed by atoms with Crippen LogP contribution in [0.1, 0.15) is 23.0 Å². The van der Waals surface area contributed by atoms with E-state index < -0.39 is 0 Å². The molecule has 0 radical (unpaired) electrons. The van der Waals surface area contributed by atoms with Gasteiger partial charge in [-0.15, -0.1) is 0 Å². The van der Waals surface area contributed by atoms with E-state index in [1.165, 1.54) is 6.92 Å². The van der Waals surface area contributed by atoms with Gasteiger partial charge in [-0.2, -0.15) is 0 Å². The van der Waals surface area contributed by atoms with Crippen molar-refractivity contribution in [2.45, 2.75) is 13.5 Å². The number of pyridine rings is 1. The smallest absolute Gasteiger partial charge is 0.257 e. The summed E-state index contributed by atoms with van der Waals surface area (Å²) in [7, 11) is 1.58. The average Bonchev–Trinajstić information content (AvgIpc) is 2.79. The van der Waals surface area contributed by atoms with Crippen LogP contribution in [0, 0.1) is 0 Å². The molecule has 1 aliphatic heterocycles. The van der Waals surface area contributed by atoms with Gasteiger partial charge in [-0.25, -0.2) is 0 Å². The normalized spacial score (nSPS) is 14.5. The number of carbonyl (C=O) groups is 2. The maximum atomic E-state index is 12.9. The van der Waals surface area contributed by atoms with E-state index in [0.717, 1.165) is 41.9 Å². The number of ether oxygens (including phenoxy) is 1. The van der Waals surface area contributed by atoms with Crippen molar-refractivity contribution < 1.29 is 14.3 Å². The summed E-state index contributed by atoms with van der Waals surface area (Å²) in [6, 6.07) is 17.1. The first-order valence-corrected chi connectivity index (χ1v) is 10.4. The highest BCUT2D eigenvalue weighted by Gasteiger charge is 2.24. The van der Waals surface area contributed by atoms with Gasteiger partial charge in [0, 0.05) is 50.7 Å². The monoisotopic (exact) mass is 418 g/mol. The standard InChI is InChI=1S/C24H26N4O3/c1-17(29)25-19-9-10-22-18(15-19)7-8-20(26-22)16-27-11-13-28(14-12-27)24(30)21-5-3-4-6-23(21)31-2/h3-10,15H,11-14,16H2,1-2H3,(H,25,29). The third-order valence-electron chi connectivity index (χ3n) is 5.45. The van der Waals surface area contributed by atoms with Gasteiger partial charge in [0.05, 0.1) is 23.9 Å². The van der Waals surface area contributed by atoms with Crippen LogP contribution in [0.3, 0.4) is 0 Å². The largest absolute Gasteiger partial charge is 0.496 e. The molecule has 1 aromatic heterocycles. The minimum Gasteiger partial charge on any atom is -0.496 e. The van der Waals surface area contributed by atoms with E-state index in [1.54, 1.807) is 7.11 Å². The molecule has 0 saturated carbocycles. The van der Waals surface area contributed by atoms with Gasteiger partial charge in [0.15, 0.2) is 0 Å². The molecule has 3 aromatic rings. The first kappa shape index (κ1) is 20.8. The molecule has 1 fully saturated rings. The van der Waals surface area contributed by atoms with Crippen molar-refractivity contribution >= 4 is 28.4 Å². The number of para-hydroxylation sites is 1. The molecule has 0 bridgehead atoms. The highest BCUT2D eigenvalue weighted by molar-refractivity contribution is 5.97. The first-order valence-electron chi connectivity index (χ1n) is 10.4. The summed E-state index contributed by atoms with van der Waals surface area (Å²) in [5.74, 6) is 0.528. The summed E-state index contributed by atoms with van der Waals surface area (Å²) in [6.45, 7) is 5.16. The molecule has 0 unspecified atom stereocenters. The molecule has 1 saturated heterocycles. The summed E-state index contributed by atoms with van der Waals surface area (Å²) in [5, 5.41) is 3.78. The molecule has 1 N–H and O–H groups in total. The van der Waals surface area contributed by atoms with E-state index in [9.17, 15) is 9.59 Å². The number of carbonyl (C=O) groups excluding carboxylic acids is 2. The molecule has 2 heterocycles. The van der Waals surface area contributed by atoms with Crippen molar-refractivity contribution in [3.8, 4) is 5.75 Å². The van der Waals surface area contributed by atoms with Crippen molar-refractivity contribution in [2.75, 3.05) is 38.6 Å². The third-order valence-corrected chi connectivity index (χ3v) is 5.45. The Morgan fingerprint density at radius 3 is 2.55 bits per heavy atom. The number of piperazine rings is 1. The molecule has 0 aliphatic carbocycles. The van der Waals surface area contributed by atoms with Gasteiger partial charge in [0.1, 0.15) is 5.75 Å². The van der Waals surface area contributed by atoms with Crippen molar-refractivity contribution in [3.63, 3.8) is 0 Å². The van der Waals surface area contributed by atoms with Gasteiger partial charge in [0.25, 0.3) is 5.91 Å². The van der Waals surface area contributed by atoms with E-state index in [4.69, 9.17) is 9.72 Å².